The molecule has 15 heavy (non-hydrogen) atoms. The highest BCUT2D eigenvalue weighted by Crippen LogP contribution is 2.34. The summed E-state index contributed by atoms with van der Waals surface area (Å²) < 4.78 is 5.01. The molecule has 0 amide bonds. The summed E-state index contributed by atoms with van der Waals surface area (Å²) in [5.74, 6) is -0.628. The number of rotatable bonds is 5. The van der Waals surface area contributed by atoms with E-state index in [9.17, 15) is 9.90 Å². The number of ether oxygens (including phenoxy) is 1. The van der Waals surface area contributed by atoms with E-state index < -0.39 is 11.4 Å². The highest BCUT2D eigenvalue weighted by atomic mass is 16.5. The third kappa shape index (κ3) is 2.92. The van der Waals surface area contributed by atoms with Crippen LogP contribution in [-0.4, -0.2) is 49.3 Å². The van der Waals surface area contributed by atoms with Gasteiger partial charge in [0.15, 0.2) is 0 Å². The molecule has 1 aliphatic rings. The minimum atomic E-state index is -0.628. The number of carboxylic acids is 1. The van der Waals surface area contributed by atoms with Crippen molar-refractivity contribution in [2.75, 3.05) is 33.4 Å². The van der Waals surface area contributed by atoms with E-state index in [0.717, 1.165) is 45.5 Å². The predicted molar refractivity (Wildman–Crippen MR) is 57.9 cm³/mol. The van der Waals surface area contributed by atoms with Crippen LogP contribution in [0.5, 0.6) is 0 Å². The molecule has 1 saturated heterocycles. The Hall–Kier alpha value is -0.610. The van der Waals surface area contributed by atoms with E-state index in [4.69, 9.17) is 4.74 Å². The van der Waals surface area contributed by atoms with E-state index in [2.05, 4.69) is 4.90 Å². The maximum atomic E-state index is 11.2. The number of carbonyl (C=O) groups is 1. The average molecular weight is 215 g/mol. The largest absolute Gasteiger partial charge is 0.481 e. The summed E-state index contributed by atoms with van der Waals surface area (Å²) in [5, 5.41) is 9.21. The maximum Gasteiger partial charge on any atom is 0.309 e. The van der Waals surface area contributed by atoms with Gasteiger partial charge in [-0.05, 0) is 32.4 Å². The highest BCUT2D eigenvalue weighted by molar-refractivity contribution is 5.74. The molecule has 0 aromatic carbocycles. The summed E-state index contributed by atoms with van der Waals surface area (Å²) in [4.78, 5) is 13.5. The number of piperidine rings is 1. The summed E-state index contributed by atoms with van der Waals surface area (Å²) in [6.45, 7) is 5.37. The first-order valence-corrected chi connectivity index (χ1v) is 5.59. The van der Waals surface area contributed by atoms with Crippen molar-refractivity contribution in [1.29, 1.82) is 0 Å². The Bertz CT molecular complexity index is 210. The number of methoxy groups -OCH3 is 1. The Morgan fingerprint density at radius 2 is 2.07 bits per heavy atom. The van der Waals surface area contributed by atoms with Crippen molar-refractivity contribution >= 4 is 5.97 Å². The van der Waals surface area contributed by atoms with Gasteiger partial charge in [0.2, 0.25) is 0 Å². The summed E-state index contributed by atoms with van der Waals surface area (Å²) in [6, 6.07) is 0. The van der Waals surface area contributed by atoms with Crippen LogP contribution in [0.25, 0.3) is 0 Å². The molecule has 0 bridgehead atoms. The first-order valence-electron chi connectivity index (χ1n) is 5.59. The van der Waals surface area contributed by atoms with Gasteiger partial charge in [0.05, 0.1) is 12.0 Å². The SMILES string of the molecule is CCC1(C(=O)O)CCN(CCOC)CC1. The van der Waals surface area contributed by atoms with Crippen molar-refractivity contribution in [1.82, 2.24) is 4.90 Å². The zero-order valence-electron chi connectivity index (χ0n) is 9.66. The quantitative estimate of drug-likeness (QED) is 0.749. The van der Waals surface area contributed by atoms with Gasteiger partial charge in [-0.2, -0.15) is 0 Å². The van der Waals surface area contributed by atoms with E-state index in [1.54, 1.807) is 7.11 Å². The predicted octanol–water partition coefficient (Wildman–Crippen LogP) is 1.21. The van der Waals surface area contributed by atoms with Crippen LogP contribution in [0.4, 0.5) is 0 Å². The molecule has 4 heteroatoms. The Balaban J connectivity index is 2.42. The number of nitrogens with zero attached hydrogens (tertiary/aromatic N) is 1. The number of hydrogen-bond donors (Lipinski definition) is 1. The van der Waals surface area contributed by atoms with Gasteiger partial charge in [0.1, 0.15) is 0 Å². The molecule has 0 atom stereocenters. The number of carboxylic acid groups (broad SMARTS) is 1. The molecule has 0 aromatic heterocycles. The van der Waals surface area contributed by atoms with E-state index in [1.165, 1.54) is 0 Å². The van der Waals surface area contributed by atoms with E-state index in [0.29, 0.717) is 0 Å². The first kappa shape index (κ1) is 12.5. The third-order valence-corrected chi connectivity index (χ3v) is 3.56. The van der Waals surface area contributed by atoms with Crippen LogP contribution in [0.3, 0.4) is 0 Å². The van der Waals surface area contributed by atoms with Crippen LogP contribution in [0.15, 0.2) is 0 Å². The van der Waals surface area contributed by atoms with Crippen molar-refractivity contribution < 1.29 is 14.6 Å². The smallest absolute Gasteiger partial charge is 0.309 e. The molecule has 0 saturated carbocycles. The van der Waals surface area contributed by atoms with Gasteiger partial charge in [-0.3, -0.25) is 4.79 Å². The lowest BCUT2D eigenvalue weighted by Gasteiger charge is -2.38. The van der Waals surface area contributed by atoms with E-state index >= 15 is 0 Å². The minimum absolute atomic E-state index is 0.469. The fourth-order valence-electron chi connectivity index (χ4n) is 2.14. The summed E-state index contributed by atoms with van der Waals surface area (Å²) >= 11 is 0. The Labute approximate surface area is 91.2 Å². The normalized spacial score (nSPS) is 21.5. The fourth-order valence-corrected chi connectivity index (χ4v) is 2.14. The zero-order chi connectivity index (χ0) is 11.3. The van der Waals surface area contributed by atoms with Gasteiger partial charge in [-0.15, -0.1) is 0 Å². The molecule has 0 aliphatic carbocycles. The molecule has 0 radical (unpaired) electrons. The summed E-state index contributed by atoms with van der Waals surface area (Å²) in [6.07, 6.45) is 2.27. The second-order valence-corrected chi connectivity index (χ2v) is 4.27. The lowest BCUT2D eigenvalue weighted by atomic mass is 9.76. The van der Waals surface area contributed by atoms with Crippen molar-refractivity contribution in [2.45, 2.75) is 26.2 Å². The van der Waals surface area contributed by atoms with Gasteiger partial charge in [0, 0.05) is 13.7 Å². The van der Waals surface area contributed by atoms with Crippen LogP contribution in [0, 0.1) is 5.41 Å². The maximum absolute atomic E-state index is 11.2. The summed E-state index contributed by atoms with van der Waals surface area (Å²) in [7, 11) is 1.69. The standard InChI is InChI=1S/C11H21NO3/c1-3-11(10(13)14)4-6-12(7-5-11)8-9-15-2/h3-9H2,1-2H3,(H,13,14). The molecule has 1 fully saturated rings. The lowest BCUT2D eigenvalue weighted by Crippen LogP contribution is -2.44. The third-order valence-electron chi connectivity index (χ3n) is 3.56. The lowest BCUT2D eigenvalue weighted by molar-refractivity contribution is -0.152. The van der Waals surface area contributed by atoms with Crippen LogP contribution < -0.4 is 0 Å². The molecular formula is C11H21NO3. The molecule has 1 rings (SSSR count). The monoisotopic (exact) mass is 215 g/mol. The number of likely N-dealkylation sites (tertiary alicyclic amines) is 1. The topological polar surface area (TPSA) is 49.8 Å². The molecule has 1 aliphatic heterocycles. The molecule has 1 heterocycles. The second-order valence-electron chi connectivity index (χ2n) is 4.27. The minimum Gasteiger partial charge on any atom is -0.481 e. The zero-order valence-corrected chi connectivity index (χ0v) is 9.66. The molecule has 0 spiro atoms. The van der Waals surface area contributed by atoms with Gasteiger partial charge in [-0.25, -0.2) is 0 Å². The number of hydrogen-bond acceptors (Lipinski definition) is 3. The van der Waals surface area contributed by atoms with Crippen LogP contribution in [-0.2, 0) is 9.53 Å². The van der Waals surface area contributed by atoms with Crippen molar-refractivity contribution in [2.24, 2.45) is 5.41 Å². The first-order chi connectivity index (χ1) is 7.14. The van der Waals surface area contributed by atoms with Crippen LogP contribution in [0.1, 0.15) is 26.2 Å². The van der Waals surface area contributed by atoms with Gasteiger partial charge >= 0.3 is 5.97 Å². The Morgan fingerprint density at radius 3 is 2.47 bits per heavy atom. The van der Waals surface area contributed by atoms with Gasteiger partial charge in [-0.1, -0.05) is 6.92 Å². The summed E-state index contributed by atoms with van der Waals surface area (Å²) in [5.41, 5.74) is -0.469. The Morgan fingerprint density at radius 1 is 1.47 bits per heavy atom. The fraction of sp³-hybridized carbons (Fsp3) is 0.909. The molecule has 1 N–H and O–H groups in total. The van der Waals surface area contributed by atoms with Crippen molar-refractivity contribution in [3.8, 4) is 0 Å². The van der Waals surface area contributed by atoms with Gasteiger partial charge < -0.3 is 14.7 Å². The van der Waals surface area contributed by atoms with Crippen molar-refractivity contribution in [3.63, 3.8) is 0 Å². The molecular weight excluding hydrogens is 194 g/mol. The van der Waals surface area contributed by atoms with Crippen LogP contribution in [0.2, 0.25) is 0 Å². The average Bonchev–Trinajstić information content (AvgIpc) is 2.27. The van der Waals surface area contributed by atoms with Crippen molar-refractivity contribution in [3.05, 3.63) is 0 Å². The van der Waals surface area contributed by atoms with Crippen LogP contribution >= 0.6 is 0 Å². The highest BCUT2D eigenvalue weighted by Gasteiger charge is 2.39. The molecule has 4 nitrogen and oxygen atoms in total. The van der Waals surface area contributed by atoms with E-state index in [-0.39, 0.29) is 0 Å². The second kappa shape index (κ2) is 5.47. The van der Waals surface area contributed by atoms with E-state index in [1.807, 2.05) is 6.92 Å². The molecule has 0 unspecified atom stereocenters. The number of aliphatic carboxylic acids is 1. The molecule has 0 aromatic rings. The Kier molecular flexibility index (Phi) is 4.54. The van der Waals surface area contributed by atoms with Gasteiger partial charge in [0.25, 0.3) is 0 Å². The molecule has 88 valence electrons.